The Morgan fingerprint density at radius 3 is 2.68 bits per heavy atom. The molecule has 1 aliphatic heterocycles. The normalized spacial score (nSPS) is 16.1. The quantitative estimate of drug-likeness (QED) is 0.701. The highest BCUT2D eigenvalue weighted by Crippen LogP contribution is 2.28. The van der Waals surface area contributed by atoms with E-state index in [-0.39, 0.29) is 29.2 Å². The van der Waals surface area contributed by atoms with Gasteiger partial charge in [-0.3, -0.25) is 9.59 Å². The van der Waals surface area contributed by atoms with Crippen LogP contribution in [0.4, 0.5) is 4.39 Å². The molecule has 31 heavy (non-hydrogen) atoms. The van der Waals surface area contributed by atoms with Crippen LogP contribution in [0.5, 0.6) is 0 Å². The van der Waals surface area contributed by atoms with E-state index in [0.29, 0.717) is 35.6 Å². The first kappa shape index (κ1) is 21.0. The van der Waals surface area contributed by atoms with Crippen molar-refractivity contribution < 1.29 is 14.0 Å². The second-order valence-corrected chi connectivity index (χ2v) is 8.77. The van der Waals surface area contributed by atoms with Crippen molar-refractivity contribution in [3.63, 3.8) is 0 Å². The van der Waals surface area contributed by atoms with Crippen LogP contribution in [0.25, 0.3) is 16.9 Å². The van der Waals surface area contributed by atoms with E-state index in [9.17, 15) is 14.0 Å². The van der Waals surface area contributed by atoms with Crippen LogP contribution in [-0.4, -0.2) is 49.9 Å². The van der Waals surface area contributed by atoms with Crippen LogP contribution in [0.3, 0.4) is 0 Å². The van der Waals surface area contributed by atoms with Gasteiger partial charge in [-0.05, 0) is 44.4 Å². The Bertz CT molecular complexity index is 1200. The number of rotatable bonds is 3. The number of nitrogens with one attached hydrogen (secondary N) is 1. The number of piperazine rings is 1. The lowest BCUT2D eigenvalue weighted by Gasteiger charge is -2.40. The molecule has 1 aliphatic rings. The predicted molar refractivity (Wildman–Crippen MR) is 115 cm³/mol. The first-order valence-electron chi connectivity index (χ1n) is 10.4. The van der Waals surface area contributed by atoms with Crippen molar-refractivity contribution >= 4 is 17.5 Å². The highest BCUT2D eigenvalue weighted by Gasteiger charge is 2.41. The summed E-state index contributed by atoms with van der Waals surface area (Å²) >= 11 is 0. The molecule has 1 fully saturated rings. The van der Waals surface area contributed by atoms with Crippen molar-refractivity contribution in [1.29, 1.82) is 0 Å². The number of imidazole rings is 1. The number of amides is 2. The molecule has 7 nitrogen and oxygen atoms in total. The summed E-state index contributed by atoms with van der Waals surface area (Å²) in [5.41, 5.74) is 2.56. The van der Waals surface area contributed by atoms with Gasteiger partial charge in [-0.15, -0.1) is 0 Å². The number of fused-ring (bicyclic) bond motifs is 1. The van der Waals surface area contributed by atoms with Crippen molar-refractivity contribution in [1.82, 2.24) is 24.8 Å². The molecule has 1 aromatic carbocycles. The van der Waals surface area contributed by atoms with Gasteiger partial charge in [0.15, 0.2) is 5.65 Å². The van der Waals surface area contributed by atoms with E-state index in [1.807, 2.05) is 26.0 Å². The van der Waals surface area contributed by atoms with Gasteiger partial charge >= 0.3 is 0 Å². The second-order valence-electron chi connectivity index (χ2n) is 8.77. The van der Waals surface area contributed by atoms with E-state index in [4.69, 9.17) is 0 Å². The number of aromatic nitrogens is 3. The number of hydrogen-bond donors (Lipinski definition) is 1. The number of aryl methyl sites for hydroxylation is 1. The van der Waals surface area contributed by atoms with Crippen molar-refractivity contribution in [2.24, 2.45) is 0 Å². The third-order valence-corrected chi connectivity index (χ3v) is 5.86. The SMILES string of the molecule is Cc1ccc(-c2cc(C(C)C)c3nc(C(=O)N4CCNC(=O)C4(C)C)cn3n2)cc1F. The van der Waals surface area contributed by atoms with Gasteiger partial charge in [0.1, 0.15) is 17.1 Å². The first-order valence-corrected chi connectivity index (χ1v) is 10.4. The fourth-order valence-corrected chi connectivity index (χ4v) is 3.82. The lowest BCUT2D eigenvalue weighted by molar-refractivity contribution is -0.133. The number of halogens is 1. The lowest BCUT2D eigenvalue weighted by Crippen LogP contribution is -2.63. The maximum Gasteiger partial charge on any atom is 0.275 e. The minimum atomic E-state index is -0.968. The Hall–Kier alpha value is -3.29. The van der Waals surface area contributed by atoms with Crippen molar-refractivity contribution in [2.75, 3.05) is 13.1 Å². The molecule has 0 radical (unpaired) electrons. The molecule has 0 spiro atoms. The zero-order chi connectivity index (χ0) is 22.5. The summed E-state index contributed by atoms with van der Waals surface area (Å²) in [4.78, 5) is 31.6. The van der Waals surface area contributed by atoms with E-state index in [0.717, 1.165) is 5.56 Å². The maximum atomic E-state index is 14.1. The zero-order valence-electron chi connectivity index (χ0n) is 18.4. The molecule has 0 bridgehead atoms. The number of hydrogen-bond acceptors (Lipinski definition) is 4. The lowest BCUT2D eigenvalue weighted by atomic mass is 9.98. The molecule has 0 unspecified atom stereocenters. The van der Waals surface area contributed by atoms with Crippen LogP contribution in [0.15, 0.2) is 30.5 Å². The molecule has 3 heterocycles. The molecule has 0 atom stereocenters. The Balaban J connectivity index is 1.81. The highest BCUT2D eigenvalue weighted by molar-refractivity contribution is 5.99. The van der Waals surface area contributed by atoms with Crippen molar-refractivity contribution in [3.05, 3.63) is 53.1 Å². The van der Waals surface area contributed by atoms with Crippen LogP contribution in [0.2, 0.25) is 0 Å². The van der Waals surface area contributed by atoms with Gasteiger partial charge < -0.3 is 10.2 Å². The van der Waals surface area contributed by atoms with E-state index in [1.54, 1.807) is 42.4 Å². The average Bonchev–Trinajstić information content (AvgIpc) is 3.15. The standard InChI is InChI=1S/C23H26FN5O2/c1-13(2)16-11-18(15-7-6-14(3)17(24)10-15)27-29-12-19(26-20(16)29)21(30)28-9-8-25-22(31)23(28,4)5/h6-7,10-13H,8-9H2,1-5H3,(H,25,31). The molecule has 4 rings (SSSR count). The fraction of sp³-hybridized carbons (Fsp3) is 0.391. The largest absolute Gasteiger partial charge is 0.352 e. The molecule has 2 amide bonds. The van der Waals surface area contributed by atoms with Crippen LogP contribution in [-0.2, 0) is 4.79 Å². The smallest absolute Gasteiger partial charge is 0.275 e. The van der Waals surface area contributed by atoms with Gasteiger partial charge in [0.2, 0.25) is 5.91 Å². The van der Waals surface area contributed by atoms with Crippen molar-refractivity contribution in [3.8, 4) is 11.3 Å². The van der Waals surface area contributed by atoms with Gasteiger partial charge in [0, 0.05) is 24.2 Å². The van der Waals surface area contributed by atoms with Gasteiger partial charge in [-0.25, -0.2) is 13.9 Å². The number of carbonyl (C=O) groups is 2. The first-order chi connectivity index (χ1) is 14.6. The van der Waals surface area contributed by atoms with Gasteiger partial charge in [0.25, 0.3) is 5.91 Å². The van der Waals surface area contributed by atoms with Gasteiger partial charge in [0.05, 0.1) is 11.9 Å². The van der Waals surface area contributed by atoms with Crippen LogP contribution in [0, 0.1) is 12.7 Å². The molecular formula is C23H26FN5O2. The molecule has 2 aromatic heterocycles. The molecule has 8 heteroatoms. The van der Waals surface area contributed by atoms with E-state index < -0.39 is 5.54 Å². The molecule has 1 saturated heterocycles. The van der Waals surface area contributed by atoms with Gasteiger partial charge in [-0.2, -0.15) is 5.10 Å². The third kappa shape index (κ3) is 3.56. The van der Waals surface area contributed by atoms with E-state index >= 15 is 0 Å². The van der Waals surface area contributed by atoms with Gasteiger partial charge in [-0.1, -0.05) is 26.0 Å². The Morgan fingerprint density at radius 1 is 1.26 bits per heavy atom. The summed E-state index contributed by atoms with van der Waals surface area (Å²) in [6, 6.07) is 6.90. The predicted octanol–water partition coefficient (Wildman–Crippen LogP) is 3.32. The summed E-state index contributed by atoms with van der Waals surface area (Å²) in [5.74, 6) is -0.691. The molecule has 0 aliphatic carbocycles. The summed E-state index contributed by atoms with van der Waals surface area (Å²) in [5, 5.41) is 7.39. The Kier molecular flexibility index (Phi) is 5.03. The number of nitrogens with zero attached hydrogens (tertiary/aromatic N) is 4. The molecular weight excluding hydrogens is 397 g/mol. The maximum absolute atomic E-state index is 14.1. The third-order valence-electron chi connectivity index (χ3n) is 5.86. The summed E-state index contributed by atoms with van der Waals surface area (Å²) in [6.45, 7) is 10.0. The minimum Gasteiger partial charge on any atom is -0.352 e. The minimum absolute atomic E-state index is 0.113. The van der Waals surface area contributed by atoms with E-state index in [1.165, 1.54) is 6.07 Å². The zero-order valence-corrected chi connectivity index (χ0v) is 18.4. The van der Waals surface area contributed by atoms with Crippen LogP contribution in [0.1, 0.15) is 55.2 Å². The second kappa shape index (κ2) is 7.44. The number of benzene rings is 1. The molecule has 162 valence electrons. The fourth-order valence-electron chi connectivity index (χ4n) is 3.82. The summed E-state index contributed by atoms with van der Waals surface area (Å²) < 4.78 is 15.7. The molecule has 0 saturated carbocycles. The Morgan fingerprint density at radius 2 is 2.00 bits per heavy atom. The highest BCUT2D eigenvalue weighted by atomic mass is 19.1. The average molecular weight is 423 g/mol. The topological polar surface area (TPSA) is 79.6 Å². The van der Waals surface area contributed by atoms with Crippen LogP contribution < -0.4 is 5.32 Å². The monoisotopic (exact) mass is 423 g/mol. The van der Waals surface area contributed by atoms with Crippen molar-refractivity contribution in [2.45, 2.75) is 46.1 Å². The summed E-state index contributed by atoms with van der Waals surface area (Å²) in [7, 11) is 0. The van der Waals surface area contributed by atoms with E-state index in [2.05, 4.69) is 15.4 Å². The Labute approximate surface area is 180 Å². The molecule has 3 aromatic rings. The summed E-state index contributed by atoms with van der Waals surface area (Å²) in [6.07, 6.45) is 1.58. The molecule has 1 N–H and O–H groups in total. The number of carbonyl (C=O) groups excluding carboxylic acids is 2. The van der Waals surface area contributed by atoms with Crippen LogP contribution >= 0.6 is 0 Å².